The molecule has 0 saturated carbocycles. The average molecular weight is 980 g/mol. The number of azide groups is 3. The van der Waals surface area contributed by atoms with Crippen molar-refractivity contribution in [2.75, 3.05) is 26.9 Å². The van der Waals surface area contributed by atoms with E-state index in [1.165, 1.54) is 31.4 Å². The molecule has 0 aromatic heterocycles. The summed E-state index contributed by atoms with van der Waals surface area (Å²) in [5.74, 6) is -1.96. The number of rotatable bonds is 26. The summed E-state index contributed by atoms with van der Waals surface area (Å²) in [4.78, 5) is 48.7. The first-order chi connectivity index (χ1) is 34.0. The number of benzene rings is 2. The number of carbonyl (C=O) groups excluding carboxylic acids is 3. The van der Waals surface area contributed by atoms with E-state index < -0.39 is 104 Å². The SMILES string of the molecule is CCCCOC1[C@H](N=[N+]=[N-])C(C)O[C@H](OCCCCCC(=O)OC)[C@@H]1O[C@H]1OC(C)[C@@H](N=[N+]=[N-])C(O[C@H]2OC(C)[C@@H](N=[N+]=[N-])C(OC(=O)c3ccccc3)[C@H]2OC(=O)c2ccccc2)[C@H]1OCCCC. The number of carbonyl (C=O) groups is 3. The molecule has 15 atom stereocenters. The van der Waals surface area contributed by atoms with Gasteiger partial charge in [-0.1, -0.05) is 84.9 Å². The molecule has 3 aliphatic rings. The third kappa shape index (κ3) is 15.2. The summed E-state index contributed by atoms with van der Waals surface area (Å²) >= 11 is 0. The summed E-state index contributed by atoms with van der Waals surface area (Å²) in [6.07, 6.45) is -9.56. The van der Waals surface area contributed by atoms with Crippen LogP contribution in [0.15, 0.2) is 76.0 Å². The van der Waals surface area contributed by atoms with Crippen LogP contribution >= 0.6 is 0 Å². The predicted octanol–water partition coefficient (Wildman–Crippen LogP) is 8.60. The molecule has 3 fully saturated rings. The zero-order valence-corrected chi connectivity index (χ0v) is 40.5. The van der Waals surface area contributed by atoms with Gasteiger partial charge in [0.15, 0.2) is 31.1 Å². The molecule has 70 heavy (non-hydrogen) atoms. The van der Waals surface area contributed by atoms with Crippen LogP contribution in [0.2, 0.25) is 0 Å². The van der Waals surface area contributed by atoms with Crippen molar-refractivity contribution in [2.45, 2.75) is 178 Å². The lowest BCUT2D eigenvalue weighted by Crippen LogP contribution is -2.66. The molecular weight excluding hydrogens is 915 g/mol. The second-order valence-corrected chi connectivity index (χ2v) is 17.0. The average Bonchev–Trinajstić information content (AvgIpc) is 3.36. The van der Waals surface area contributed by atoms with E-state index in [9.17, 15) is 31.0 Å². The topological polar surface area (TPSA) is 299 Å². The van der Waals surface area contributed by atoms with Crippen LogP contribution in [-0.2, 0) is 56.9 Å². The van der Waals surface area contributed by atoms with Crippen molar-refractivity contribution >= 4 is 17.9 Å². The van der Waals surface area contributed by atoms with Gasteiger partial charge in [-0.2, -0.15) is 0 Å². The van der Waals surface area contributed by atoms with Gasteiger partial charge in [-0.3, -0.25) is 4.79 Å². The fourth-order valence-corrected chi connectivity index (χ4v) is 8.31. The summed E-state index contributed by atoms with van der Waals surface area (Å²) in [6.45, 7) is 9.57. The number of hydrogen-bond acceptors (Lipinski definition) is 17. The molecule has 2 aromatic rings. The molecule has 3 aliphatic heterocycles. The van der Waals surface area contributed by atoms with Gasteiger partial charge < -0.3 is 52.1 Å². The maximum absolute atomic E-state index is 14.0. The molecule has 382 valence electrons. The van der Waals surface area contributed by atoms with Crippen molar-refractivity contribution in [1.82, 2.24) is 0 Å². The molecule has 0 bridgehead atoms. The highest BCUT2D eigenvalue weighted by molar-refractivity contribution is 5.90. The van der Waals surface area contributed by atoms with Gasteiger partial charge >= 0.3 is 17.9 Å². The molecule has 23 heteroatoms. The molecule has 6 unspecified atom stereocenters. The fourth-order valence-electron chi connectivity index (χ4n) is 8.31. The van der Waals surface area contributed by atoms with Gasteiger partial charge in [0.2, 0.25) is 0 Å². The lowest BCUT2D eigenvalue weighted by molar-refractivity contribution is -0.366. The minimum Gasteiger partial charge on any atom is -0.469 e. The normalized spacial score (nSPS) is 30.6. The van der Waals surface area contributed by atoms with E-state index in [1.54, 1.807) is 57.2 Å². The van der Waals surface area contributed by atoms with Crippen LogP contribution < -0.4 is 0 Å². The smallest absolute Gasteiger partial charge is 0.338 e. The van der Waals surface area contributed by atoms with Crippen molar-refractivity contribution in [1.29, 1.82) is 0 Å². The van der Waals surface area contributed by atoms with Crippen LogP contribution in [0.1, 0.15) is 107 Å². The highest BCUT2D eigenvalue weighted by Crippen LogP contribution is 2.38. The number of ether oxygens (including phenoxy) is 11. The van der Waals surface area contributed by atoms with Gasteiger partial charge in [-0.15, -0.1) is 0 Å². The monoisotopic (exact) mass is 979 g/mol. The van der Waals surface area contributed by atoms with E-state index in [2.05, 4.69) is 30.1 Å². The maximum atomic E-state index is 14.0. The molecule has 2 aromatic carbocycles. The standard InChI is InChI=1S/C47H65N9O14/c1-7-9-25-61-37-34(51-54-48)28(3)64-45(63-27-19-13-18-24-33(57)60-6)41(37)70-46-40(62-26-10-8-2)38(35(52-55-49)29(4)65-46)69-47-42(68-44(59)32-22-16-12-17-23-32)39(36(53-56-50)30(5)66-47)67-43(58)31-20-14-11-15-21-31/h11-12,14-17,20-23,28-30,34-42,45-47H,7-10,13,18-19,24-27H2,1-6H3/t28?,29?,30?,34-,35-,36-,37?,38?,39?,40-,41-,42-,45+,46-,47-/m1/s1. The van der Waals surface area contributed by atoms with Gasteiger partial charge in [-0.05, 0) is 87.3 Å². The summed E-state index contributed by atoms with van der Waals surface area (Å²) in [6, 6.07) is 12.9. The Morgan fingerprint density at radius 2 is 0.971 bits per heavy atom. The Labute approximate surface area is 406 Å². The Bertz CT molecular complexity index is 2090. The van der Waals surface area contributed by atoms with Gasteiger partial charge in [0, 0.05) is 41.0 Å². The van der Waals surface area contributed by atoms with E-state index in [0.717, 1.165) is 12.8 Å². The van der Waals surface area contributed by atoms with E-state index in [4.69, 9.17) is 52.1 Å². The second-order valence-electron chi connectivity index (χ2n) is 17.0. The number of nitrogens with zero attached hydrogens (tertiary/aromatic N) is 9. The van der Waals surface area contributed by atoms with Crippen LogP contribution in [0.25, 0.3) is 31.3 Å². The fraction of sp³-hybridized carbons (Fsp3) is 0.681. The molecule has 3 heterocycles. The zero-order chi connectivity index (χ0) is 50.4. The Balaban J connectivity index is 1.56. The number of hydrogen-bond donors (Lipinski definition) is 0. The van der Waals surface area contributed by atoms with E-state index in [0.29, 0.717) is 32.1 Å². The van der Waals surface area contributed by atoms with Crippen molar-refractivity contribution in [3.8, 4) is 0 Å². The van der Waals surface area contributed by atoms with Crippen LogP contribution in [0.3, 0.4) is 0 Å². The largest absolute Gasteiger partial charge is 0.469 e. The number of esters is 3. The maximum Gasteiger partial charge on any atom is 0.338 e. The summed E-state index contributed by atoms with van der Waals surface area (Å²) in [7, 11) is 1.34. The molecular formula is C47H65N9O14. The molecule has 23 nitrogen and oxygen atoms in total. The van der Waals surface area contributed by atoms with Crippen molar-refractivity contribution < 1.29 is 66.5 Å². The predicted molar refractivity (Wildman–Crippen MR) is 249 cm³/mol. The van der Waals surface area contributed by atoms with Crippen molar-refractivity contribution in [2.24, 2.45) is 15.3 Å². The Morgan fingerprint density at radius 3 is 1.49 bits per heavy atom. The van der Waals surface area contributed by atoms with Gasteiger partial charge in [0.1, 0.15) is 24.4 Å². The van der Waals surface area contributed by atoms with E-state index in [1.807, 2.05) is 13.8 Å². The quantitative estimate of drug-likeness (QED) is 0.0213. The Kier molecular flexibility index (Phi) is 22.9. The van der Waals surface area contributed by atoms with Gasteiger partial charge in [0.25, 0.3) is 0 Å². The number of methoxy groups -OCH3 is 1. The van der Waals surface area contributed by atoms with Crippen molar-refractivity contribution in [3.63, 3.8) is 0 Å². The van der Waals surface area contributed by atoms with Gasteiger partial charge in [-0.25, -0.2) is 9.59 Å². The highest BCUT2D eigenvalue weighted by Gasteiger charge is 2.56. The van der Waals surface area contributed by atoms with E-state index in [-0.39, 0.29) is 43.3 Å². The minimum atomic E-state index is -1.60. The molecule has 0 spiro atoms. The Morgan fingerprint density at radius 1 is 0.529 bits per heavy atom. The molecule has 0 N–H and O–H groups in total. The third-order valence-electron chi connectivity index (χ3n) is 12.1. The first-order valence-electron chi connectivity index (χ1n) is 23.8. The van der Waals surface area contributed by atoms with E-state index >= 15 is 0 Å². The first kappa shape index (κ1) is 55.4. The third-order valence-corrected chi connectivity index (χ3v) is 12.1. The van der Waals surface area contributed by atoms with Crippen LogP contribution in [0.5, 0.6) is 0 Å². The summed E-state index contributed by atoms with van der Waals surface area (Å²) in [5.41, 5.74) is 29.8. The molecule has 0 amide bonds. The Hall–Kier alpha value is -5.54. The lowest BCUT2D eigenvalue weighted by Gasteiger charge is -2.50. The number of unbranched alkanes of at least 4 members (excludes halogenated alkanes) is 4. The zero-order valence-electron chi connectivity index (χ0n) is 40.5. The van der Waals surface area contributed by atoms with Crippen LogP contribution in [0, 0.1) is 0 Å². The molecule has 0 radical (unpaired) electrons. The lowest BCUT2D eigenvalue weighted by atomic mass is 9.94. The summed E-state index contributed by atoms with van der Waals surface area (Å²) < 4.78 is 69.5. The summed E-state index contributed by atoms with van der Waals surface area (Å²) in [5, 5.41) is 12.1. The van der Waals surface area contributed by atoms with Crippen LogP contribution in [-0.4, -0.2) is 137 Å². The molecule has 5 rings (SSSR count). The van der Waals surface area contributed by atoms with Crippen LogP contribution in [0.4, 0.5) is 0 Å². The molecule has 0 aliphatic carbocycles. The van der Waals surface area contributed by atoms with Crippen molar-refractivity contribution in [3.05, 3.63) is 103 Å². The molecule has 3 saturated heterocycles. The second kappa shape index (κ2) is 29.0. The highest BCUT2D eigenvalue weighted by atomic mass is 16.8. The minimum absolute atomic E-state index is 0.144. The van der Waals surface area contributed by atoms with Gasteiger partial charge in [0.05, 0.1) is 54.7 Å². The first-order valence-corrected chi connectivity index (χ1v) is 23.8.